The lowest BCUT2D eigenvalue weighted by Crippen LogP contribution is -2.06. The summed E-state index contributed by atoms with van der Waals surface area (Å²) in [7, 11) is 0. The van der Waals surface area contributed by atoms with E-state index in [4.69, 9.17) is 5.11 Å². The second-order valence-corrected chi connectivity index (χ2v) is 2.97. The van der Waals surface area contributed by atoms with Crippen LogP contribution in [-0.4, -0.2) is 18.3 Å². The minimum atomic E-state index is 0.174. The molecule has 0 saturated carbocycles. The smallest absolute Gasteiger partial charge is 0.0604 e. The van der Waals surface area contributed by atoms with Gasteiger partial charge < -0.3 is 10.4 Å². The number of rotatable bonds is 3. The van der Waals surface area contributed by atoms with Gasteiger partial charge in [-0.25, -0.2) is 0 Å². The van der Waals surface area contributed by atoms with Gasteiger partial charge in [0.25, 0.3) is 0 Å². The van der Waals surface area contributed by atoms with Crippen LogP contribution in [0.4, 0.5) is 5.69 Å². The molecule has 1 aromatic carbocycles. The third-order valence-corrected chi connectivity index (χ3v) is 1.82. The molecule has 1 aromatic rings. The summed E-state index contributed by atoms with van der Waals surface area (Å²) in [5.41, 5.74) is 3.57. The van der Waals surface area contributed by atoms with Crippen LogP contribution < -0.4 is 5.32 Å². The van der Waals surface area contributed by atoms with Gasteiger partial charge in [0.2, 0.25) is 0 Å². The van der Waals surface area contributed by atoms with E-state index >= 15 is 0 Å². The highest BCUT2D eigenvalue weighted by atomic mass is 16.3. The van der Waals surface area contributed by atoms with Crippen LogP contribution in [0.1, 0.15) is 11.1 Å². The van der Waals surface area contributed by atoms with Crippen molar-refractivity contribution in [2.24, 2.45) is 0 Å². The molecule has 0 heterocycles. The molecule has 2 nitrogen and oxygen atoms in total. The Hall–Kier alpha value is -1.02. The molecular formula is C10H15NO. The first-order chi connectivity index (χ1) is 5.74. The number of hydrogen-bond acceptors (Lipinski definition) is 2. The van der Waals surface area contributed by atoms with Gasteiger partial charge >= 0.3 is 0 Å². The molecule has 12 heavy (non-hydrogen) atoms. The van der Waals surface area contributed by atoms with Gasteiger partial charge in [-0.05, 0) is 31.0 Å². The van der Waals surface area contributed by atoms with E-state index in [1.165, 1.54) is 11.1 Å². The highest BCUT2D eigenvalue weighted by molar-refractivity contribution is 5.52. The van der Waals surface area contributed by atoms with Gasteiger partial charge in [0.15, 0.2) is 0 Å². The van der Waals surface area contributed by atoms with Crippen molar-refractivity contribution in [3.63, 3.8) is 0 Å². The predicted molar refractivity (Wildman–Crippen MR) is 51.5 cm³/mol. The second kappa shape index (κ2) is 4.12. The molecule has 0 fully saturated rings. The van der Waals surface area contributed by atoms with Crippen LogP contribution >= 0.6 is 0 Å². The summed E-state index contributed by atoms with van der Waals surface area (Å²) in [6.45, 7) is 4.90. The number of aliphatic hydroxyl groups is 1. The summed E-state index contributed by atoms with van der Waals surface area (Å²) in [6, 6.07) is 6.25. The molecule has 2 N–H and O–H groups in total. The lowest BCUT2D eigenvalue weighted by Gasteiger charge is -2.08. The van der Waals surface area contributed by atoms with E-state index in [0.29, 0.717) is 6.54 Å². The largest absolute Gasteiger partial charge is 0.395 e. The van der Waals surface area contributed by atoms with Crippen molar-refractivity contribution in [1.82, 2.24) is 0 Å². The molecular weight excluding hydrogens is 150 g/mol. The van der Waals surface area contributed by atoms with Crippen LogP contribution in [0.25, 0.3) is 0 Å². The lowest BCUT2D eigenvalue weighted by molar-refractivity contribution is 0.311. The number of benzene rings is 1. The Kier molecular flexibility index (Phi) is 3.11. The quantitative estimate of drug-likeness (QED) is 0.714. The zero-order valence-corrected chi connectivity index (χ0v) is 7.59. The number of aryl methyl sites for hydroxylation is 2. The van der Waals surface area contributed by atoms with Crippen molar-refractivity contribution >= 4 is 5.69 Å². The monoisotopic (exact) mass is 165 g/mol. The Labute approximate surface area is 73.2 Å². The fourth-order valence-corrected chi connectivity index (χ4v) is 1.12. The Morgan fingerprint density at radius 2 is 2.08 bits per heavy atom. The first kappa shape index (κ1) is 9.07. The van der Waals surface area contributed by atoms with Crippen LogP contribution in [0.3, 0.4) is 0 Å². The average molecular weight is 165 g/mol. The van der Waals surface area contributed by atoms with Gasteiger partial charge in [0, 0.05) is 12.2 Å². The van der Waals surface area contributed by atoms with Crippen molar-refractivity contribution < 1.29 is 5.11 Å². The topological polar surface area (TPSA) is 32.3 Å². The Bertz CT molecular complexity index is 258. The standard InChI is InChI=1S/C10H15NO/c1-8-3-4-9(2)10(7-8)11-5-6-12/h3-4,7,11-12H,5-6H2,1-2H3. The molecule has 0 aliphatic carbocycles. The highest BCUT2D eigenvalue weighted by Gasteiger charge is 1.95. The molecule has 0 aliphatic heterocycles. The molecule has 0 saturated heterocycles. The van der Waals surface area contributed by atoms with Gasteiger partial charge in [-0.15, -0.1) is 0 Å². The van der Waals surface area contributed by atoms with E-state index in [1.807, 2.05) is 0 Å². The summed E-state index contributed by atoms with van der Waals surface area (Å²) in [4.78, 5) is 0. The minimum absolute atomic E-state index is 0.174. The number of nitrogens with one attached hydrogen (secondary N) is 1. The van der Waals surface area contributed by atoms with Gasteiger partial charge in [0.1, 0.15) is 0 Å². The Balaban J connectivity index is 2.75. The maximum atomic E-state index is 8.63. The summed E-state index contributed by atoms with van der Waals surface area (Å²) in [5.74, 6) is 0. The average Bonchev–Trinajstić information content (AvgIpc) is 2.07. The molecule has 66 valence electrons. The van der Waals surface area contributed by atoms with E-state index < -0.39 is 0 Å². The predicted octanol–water partition coefficient (Wildman–Crippen LogP) is 1.71. The molecule has 0 spiro atoms. The SMILES string of the molecule is Cc1ccc(C)c(NCCO)c1. The van der Waals surface area contributed by atoms with Crippen molar-refractivity contribution in [2.45, 2.75) is 13.8 Å². The summed E-state index contributed by atoms with van der Waals surface area (Å²) < 4.78 is 0. The molecule has 0 atom stereocenters. The van der Waals surface area contributed by atoms with Gasteiger partial charge in [-0.3, -0.25) is 0 Å². The number of anilines is 1. The van der Waals surface area contributed by atoms with E-state index in [9.17, 15) is 0 Å². The number of hydrogen-bond donors (Lipinski definition) is 2. The molecule has 0 radical (unpaired) electrons. The third kappa shape index (κ3) is 2.24. The first-order valence-electron chi connectivity index (χ1n) is 4.16. The van der Waals surface area contributed by atoms with Crippen LogP contribution in [0, 0.1) is 13.8 Å². The molecule has 2 heteroatoms. The zero-order valence-electron chi connectivity index (χ0n) is 7.59. The van der Waals surface area contributed by atoms with Gasteiger partial charge in [-0.1, -0.05) is 12.1 Å². The summed E-state index contributed by atoms with van der Waals surface area (Å²) in [6.07, 6.45) is 0. The minimum Gasteiger partial charge on any atom is -0.395 e. The van der Waals surface area contributed by atoms with Gasteiger partial charge in [0.05, 0.1) is 6.61 Å². The molecule has 0 unspecified atom stereocenters. The van der Waals surface area contributed by atoms with Crippen LogP contribution in [0.2, 0.25) is 0 Å². The highest BCUT2D eigenvalue weighted by Crippen LogP contribution is 2.15. The fourth-order valence-electron chi connectivity index (χ4n) is 1.12. The lowest BCUT2D eigenvalue weighted by atomic mass is 10.1. The van der Waals surface area contributed by atoms with E-state index in [1.54, 1.807) is 0 Å². The Morgan fingerprint density at radius 1 is 1.33 bits per heavy atom. The fraction of sp³-hybridized carbons (Fsp3) is 0.400. The van der Waals surface area contributed by atoms with Gasteiger partial charge in [-0.2, -0.15) is 0 Å². The van der Waals surface area contributed by atoms with Crippen molar-refractivity contribution in [3.8, 4) is 0 Å². The molecule has 0 bridgehead atoms. The first-order valence-corrected chi connectivity index (χ1v) is 4.16. The van der Waals surface area contributed by atoms with E-state index in [2.05, 4.69) is 37.4 Å². The number of aliphatic hydroxyl groups excluding tert-OH is 1. The molecule has 0 aliphatic rings. The van der Waals surface area contributed by atoms with E-state index in [-0.39, 0.29) is 6.61 Å². The molecule has 0 amide bonds. The zero-order chi connectivity index (χ0) is 8.97. The summed E-state index contributed by atoms with van der Waals surface area (Å²) >= 11 is 0. The van der Waals surface area contributed by atoms with Crippen LogP contribution in [0.5, 0.6) is 0 Å². The van der Waals surface area contributed by atoms with Crippen LogP contribution in [-0.2, 0) is 0 Å². The van der Waals surface area contributed by atoms with Crippen molar-refractivity contribution in [1.29, 1.82) is 0 Å². The molecule has 0 aromatic heterocycles. The third-order valence-electron chi connectivity index (χ3n) is 1.82. The maximum absolute atomic E-state index is 8.63. The second-order valence-electron chi connectivity index (χ2n) is 2.97. The maximum Gasteiger partial charge on any atom is 0.0604 e. The van der Waals surface area contributed by atoms with Crippen molar-refractivity contribution in [3.05, 3.63) is 29.3 Å². The normalized spacial score (nSPS) is 9.92. The Morgan fingerprint density at radius 3 is 2.75 bits per heavy atom. The van der Waals surface area contributed by atoms with Crippen molar-refractivity contribution in [2.75, 3.05) is 18.5 Å². The van der Waals surface area contributed by atoms with Crippen LogP contribution in [0.15, 0.2) is 18.2 Å². The molecule has 1 rings (SSSR count). The summed E-state index contributed by atoms with van der Waals surface area (Å²) in [5, 5.41) is 11.8. The van der Waals surface area contributed by atoms with E-state index in [0.717, 1.165) is 5.69 Å².